The topological polar surface area (TPSA) is 79.5 Å². The first-order valence-corrected chi connectivity index (χ1v) is 7.51. The van der Waals surface area contributed by atoms with Crippen LogP contribution in [0, 0.1) is 0 Å². The first-order chi connectivity index (χ1) is 9.05. The minimum absolute atomic E-state index is 0.125. The van der Waals surface area contributed by atoms with Crippen LogP contribution in [-0.4, -0.2) is 16.3 Å². The molecule has 1 aromatic carbocycles. The van der Waals surface area contributed by atoms with Crippen molar-refractivity contribution in [1.82, 2.24) is 0 Å². The van der Waals surface area contributed by atoms with Gasteiger partial charge in [0.2, 0.25) is 5.91 Å². The van der Waals surface area contributed by atoms with Crippen LogP contribution in [0.3, 0.4) is 0 Å². The fourth-order valence-corrected chi connectivity index (χ4v) is 2.26. The smallest absolute Gasteiger partial charge is 0.336 e. The van der Waals surface area contributed by atoms with E-state index in [4.69, 9.17) is 4.42 Å². The van der Waals surface area contributed by atoms with Gasteiger partial charge in [0, 0.05) is 22.8 Å². The molecule has 5 nitrogen and oxygen atoms in total. The van der Waals surface area contributed by atoms with Gasteiger partial charge >= 0.3 is 5.63 Å². The van der Waals surface area contributed by atoms with Gasteiger partial charge in [-0.2, -0.15) is 0 Å². The van der Waals surface area contributed by atoms with Crippen molar-refractivity contribution in [1.29, 1.82) is 0 Å². The van der Waals surface area contributed by atoms with Crippen LogP contribution >= 0.6 is 31.9 Å². The fraction of sp³-hybridized carbons (Fsp3) is 0.167. The molecular formula is C12H9Br2NO4. The molecule has 0 fully saturated rings. The largest absolute Gasteiger partial charge is 0.506 e. The van der Waals surface area contributed by atoms with Crippen molar-refractivity contribution in [3.63, 3.8) is 0 Å². The third kappa shape index (κ3) is 2.98. The Morgan fingerprint density at radius 2 is 2.05 bits per heavy atom. The number of phenols is 1. The van der Waals surface area contributed by atoms with Crippen LogP contribution in [0.5, 0.6) is 5.75 Å². The molecule has 0 aliphatic carbocycles. The Morgan fingerprint density at radius 1 is 1.32 bits per heavy atom. The number of carbonyl (C=O) groups is 1. The van der Waals surface area contributed by atoms with Crippen LogP contribution in [0.1, 0.15) is 5.56 Å². The Kier molecular flexibility index (Phi) is 4.26. The van der Waals surface area contributed by atoms with Crippen LogP contribution in [0.15, 0.2) is 27.4 Å². The van der Waals surface area contributed by atoms with Gasteiger partial charge in [-0.15, -0.1) is 0 Å². The van der Waals surface area contributed by atoms with Gasteiger partial charge in [0.1, 0.15) is 11.3 Å². The number of alkyl halides is 2. The number of nitrogens with one attached hydrogen (secondary N) is 1. The lowest BCUT2D eigenvalue weighted by Crippen LogP contribution is -2.12. The Hall–Kier alpha value is -1.34. The van der Waals surface area contributed by atoms with Crippen molar-refractivity contribution in [2.45, 2.75) is 5.33 Å². The number of phenolic OH excluding ortho intramolecular Hbond substituents is 1. The van der Waals surface area contributed by atoms with Crippen molar-refractivity contribution in [2.75, 3.05) is 10.6 Å². The lowest BCUT2D eigenvalue weighted by molar-refractivity contribution is -0.113. The maximum atomic E-state index is 11.3. The van der Waals surface area contributed by atoms with E-state index < -0.39 is 5.63 Å². The number of carbonyl (C=O) groups excluding carboxylic acids is 1. The predicted molar refractivity (Wildman–Crippen MR) is 79.2 cm³/mol. The van der Waals surface area contributed by atoms with Crippen LogP contribution in [0.2, 0.25) is 0 Å². The molecule has 19 heavy (non-hydrogen) atoms. The van der Waals surface area contributed by atoms with Gasteiger partial charge in [-0.05, 0) is 11.6 Å². The van der Waals surface area contributed by atoms with Gasteiger partial charge in [-0.3, -0.25) is 4.79 Å². The van der Waals surface area contributed by atoms with Crippen LogP contribution in [-0.2, 0) is 10.1 Å². The van der Waals surface area contributed by atoms with Gasteiger partial charge in [0.25, 0.3) is 0 Å². The minimum atomic E-state index is -0.487. The number of benzene rings is 1. The molecule has 2 aromatic rings. The monoisotopic (exact) mass is 389 g/mol. The van der Waals surface area contributed by atoms with Crippen LogP contribution in [0.4, 0.5) is 5.69 Å². The molecule has 1 amide bonds. The average molecular weight is 391 g/mol. The molecule has 2 rings (SSSR count). The maximum absolute atomic E-state index is 11.3. The molecule has 0 aliphatic rings. The Balaban J connectivity index is 2.63. The van der Waals surface area contributed by atoms with E-state index in [0.29, 0.717) is 10.7 Å². The summed E-state index contributed by atoms with van der Waals surface area (Å²) < 4.78 is 5.01. The van der Waals surface area contributed by atoms with E-state index in [1.54, 1.807) is 6.07 Å². The number of aromatic hydroxyl groups is 1. The molecule has 0 unspecified atom stereocenters. The molecule has 0 saturated heterocycles. The molecular weight excluding hydrogens is 382 g/mol. The molecule has 0 aliphatic heterocycles. The summed E-state index contributed by atoms with van der Waals surface area (Å²) in [5.41, 5.74) is 0.781. The summed E-state index contributed by atoms with van der Waals surface area (Å²) in [4.78, 5) is 22.7. The molecule has 0 saturated carbocycles. The Labute approximate surface area is 124 Å². The predicted octanol–water partition coefficient (Wildman–Crippen LogP) is 2.73. The van der Waals surface area contributed by atoms with E-state index in [9.17, 15) is 14.7 Å². The fourth-order valence-electron chi connectivity index (χ4n) is 1.66. The Bertz CT molecular complexity index is 696. The third-order valence-corrected chi connectivity index (χ3v) is 3.60. The summed E-state index contributed by atoms with van der Waals surface area (Å²) in [6, 6.07) is 4.25. The molecule has 7 heteroatoms. The zero-order valence-electron chi connectivity index (χ0n) is 9.57. The summed E-state index contributed by atoms with van der Waals surface area (Å²) in [6.45, 7) is 0. The number of hydrogen-bond donors (Lipinski definition) is 2. The first kappa shape index (κ1) is 14.1. The number of anilines is 1. The number of amides is 1. The highest BCUT2D eigenvalue weighted by molar-refractivity contribution is 9.09. The molecule has 1 aromatic heterocycles. The van der Waals surface area contributed by atoms with E-state index in [1.165, 1.54) is 12.1 Å². The summed E-state index contributed by atoms with van der Waals surface area (Å²) in [7, 11) is 0. The summed E-state index contributed by atoms with van der Waals surface area (Å²) >= 11 is 6.31. The zero-order chi connectivity index (χ0) is 14.0. The van der Waals surface area contributed by atoms with E-state index in [1.807, 2.05) is 0 Å². The average Bonchev–Trinajstić information content (AvgIpc) is 2.38. The van der Waals surface area contributed by atoms with Crippen LogP contribution in [0.25, 0.3) is 11.0 Å². The minimum Gasteiger partial charge on any atom is -0.506 e. The molecule has 1 heterocycles. The zero-order valence-corrected chi connectivity index (χ0v) is 12.7. The van der Waals surface area contributed by atoms with Gasteiger partial charge in [0.15, 0.2) is 0 Å². The summed E-state index contributed by atoms with van der Waals surface area (Å²) in [5, 5.41) is 13.6. The highest BCUT2D eigenvalue weighted by Gasteiger charge is 2.11. The van der Waals surface area contributed by atoms with E-state index in [2.05, 4.69) is 37.2 Å². The molecule has 0 atom stereocenters. The number of fused-ring (bicyclic) bond motifs is 1. The highest BCUT2D eigenvalue weighted by atomic mass is 79.9. The molecule has 0 spiro atoms. The van der Waals surface area contributed by atoms with Gasteiger partial charge in [0.05, 0.1) is 11.0 Å². The van der Waals surface area contributed by atoms with Crippen molar-refractivity contribution < 1.29 is 14.3 Å². The molecule has 100 valence electrons. The summed E-state index contributed by atoms with van der Waals surface area (Å²) in [5.74, 6) is -0.441. The van der Waals surface area contributed by atoms with E-state index in [-0.39, 0.29) is 28.3 Å². The quantitative estimate of drug-likeness (QED) is 0.479. The molecule has 0 radical (unpaired) electrons. The lowest BCUT2D eigenvalue weighted by atomic mass is 10.1. The van der Waals surface area contributed by atoms with Gasteiger partial charge in [-0.1, -0.05) is 31.9 Å². The van der Waals surface area contributed by atoms with Crippen molar-refractivity contribution >= 4 is 54.4 Å². The summed E-state index contributed by atoms with van der Waals surface area (Å²) in [6.07, 6.45) is 0. The standard InChI is InChI=1S/C12H9Br2NO4/c13-4-6-1-12(18)19-10-3-9(16)8(2-7(6)10)15-11(17)5-14/h1-3,16H,4-5H2,(H,15,17). The number of halogens is 2. The normalized spacial score (nSPS) is 10.6. The first-order valence-electron chi connectivity index (χ1n) is 5.26. The SMILES string of the molecule is O=C(CBr)Nc1cc2c(CBr)cc(=O)oc2cc1O. The third-order valence-electron chi connectivity index (χ3n) is 2.49. The second-order valence-electron chi connectivity index (χ2n) is 3.77. The van der Waals surface area contributed by atoms with E-state index in [0.717, 1.165) is 5.56 Å². The van der Waals surface area contributed by atoms with E-state index >= 15 is 0 Å². The van der Waals surface area contributed by atoms with Gasteiger partial charge < -0.3 is 14.8 Å². The van der Waals surface area contributed by atoms with Crippen molar-refractivity contribution in [3.05, 3.63) is 34.2 Å². The van der Waals surface area contributed by atoms with Gasteiger partial charge in [-0.25, -0.2) is 4.79 Å². The van der Waals surface area contributed by atoms with Crippen molar-refractivity contribution in [2.24, 2.45) is 0 Å². The number of hydrogen-bond acceptors (Lipinski definition) is 4. The van der Waals surface area contributed by atoms with Crippen LogP contribution < -0.4 is 10.9 Å². The lowest BCUT2D eigenvalue weighted by Gasteiger charge is -2.09. The second kappa shape index (κ2) is 5.75. The maximum Gasteiger partial charge on any atom is 0.336 e. The van der Waals surface area contributed by atoms with Crippen molar-refractivity contribution in [3.8, 4) is 5.75 Å². The Morgan fingerprint density at radius 3 is 2.68 bits per heavy atom. The molecule has 2 N–H and O–H groups in total. The number of rotatable bonds is 3. The highest BCUT2D eigenvalue weighted by Crippen LogP contribution is 2.31. The molecule has 0 bridgehead atoms. The second-order valence-corrected chi connectivity index (χ2v) is 4.89.